The van der Waals surface area contributed by atoms with E-state index in [9.17, 15) is 0 Å². The topological polar surface area (TPSA) is 63.8 Å². The van der Waals surface area contributed by atoms with Crippen molar-refractivity contribution in [2.75, 3.05) is 36.0 Å². The summed E-state index contributed by atoms with van der Waals surface area (Å²) in [4.78, 5) is 21.8. The highest BCUT2D eigenvalue weighted by atomic mass is 15.2. The highest BCUT2D eigenvalue weighted by molar-refractivity contribution is 6.07. The zero-order valence-corrected chi connectivity index (χ0v) is 17.8. The number of aromatic nitrogens is 4. The van der Waals surface area contributed by atoms with Crippen LogP contribution in [0.15, 0.2) is 24.3 Å². The van der Waals surface area contributed by atoms with Gasteiger partial charge in [-0.1, -0.05) is 0 Å². The summed E-state index contributed by atoms with van der Waals surface area (Å²) in [5, 5.41) is 0. The molecule has 2 aliphatic rings. The van der Waals surface area contributed by atoms with Gasteiger partial charge in [-0.05, 0) is 63.8 Å². The van der Waals surface area contributed by atoms with Crippen molar-refractivity contribution in [2.45, 2.75) is 39.5 Å². The molecule has 0 radical (unpaired) electrons. The van der Waals surface area contributed by atoms with E-state index in [0.29, 0.717) is 0 Å². The standard InChI is InChI=1S/C24H28N6/c1-15-25-21-17(7-9-19(23(21)27-15)29-11-3-4-12-29)18-8-10-20(30-13-5-6-14-30)24-22(18)26-16(2)28-24/h7-10H,3-6,11-14H2,1-2H3,(H,25,27)(H,26,28). The SMILES string of the molecule is Cc1nc2c(-c3ccc(N4CCCC4)c4[nH]c(C)nc34)ccc(N3CCCC3)c2[nH]1. The summed E-state index contributed by atoms with van der Waals surface area (Å²) in [5.41, 5.74) is 9.25. The average Bonchev–Trinajstić information content (AvgIpc) is 3.51. The quantitative estimate of drug-likeness (QED) is 0.512. The number of rotatable bonds is 3. The number of hydrogen-bond donors (Lipinski definition) is 2. The Kier molecular flexibility index (Phi) is 4.01. The molecule has 30 heavy (non-hydrogen) atoms. The molecule has 154 valence electrons. The highest BCUT2D eigenvalue weighted by Crippen LogP contribution is 2.40. The van der Waals surface area contributed by atoms with Crippen molar-refractivity contribution in [1.82, 2.24) is 19.9 Å². The van der Waals surface area contributed by atoms with E-state index in [-0.39, 0.29) is 0 Å². The molecule has 2 saturated heterocycles. The Balaban J connectivity index is 1.56. The molecule has 2 aromatic carbocycles. The van der Waals surface area contributed by atoms with E-state index in [1.165, 1.54) is 37.1 Å². The maximum atomic E-state index is 4.90. The van der Waals surface area contributed by atoms with Crippen LogP contribution in [0.3, 0.4) is 0 Å². The van der Waals surface area contributed by atoms with Gasteiger partial charge in [-0.25, -0.2) is 9.97 Å². The number of nitrogens with zero attached hydrogens (tertiary/aromatic N) is 4. The van der Waals surface area contributed by atoms with Gasteiger partial charge in [-0.3, -0.25) is 0 Å². The van der Waals surface area contributed by atoms with Gasteiger partial charge in [-0.15, -0.1) is 0 Å². The monoisotopic (exact) mass is 400 g/mol. The predicted octanol–water partition coefficient (Wildman–Crippen LogP) is 4.92. The minimum Gasteiger partial charge on any atom is -0.370 e. The lowest BCUT2D eigenvalue weighted by Crippen LogP contribution is -2.18. The number of imidazole rings is 2. The van der Waals surface area contributed by atoms with Crippen LogP contribution in [0, 0.1) is 13.8 Å². The summed E-state index contributed by atoms with van der Waals surface area (Å²) < 4.78 is 0. The van der Waals surface area contributed by atoms with Gasteiger partial charge in [0.2, 0.25) is 0 Å². The predicted molar refractivity (Wildman–Crippen MR) is 124 cm³/mol. The van der Waals surface area contributed by atoms with Crippen LogP contribution < -0.4 is 9.80 Å². The molecule has 0 saturated carbocycles. The number of fused-ring (bicyclic) bond motifs is 2. The summed E-state index contributed by atoms with van der Waals surface area (Å²) in [6, 6.07) is 9.01. The lowest BCUT2D eigenvalue weighted by Gasteiger charge is -2.20. The Morgan fingerprint density at radius 2 is 1.03 bits per heavy atom. The van der Waals surface area contributed by atoms with Crippen molar-refractivity contribution < 1.29 is 0 Å². The molecule has 0 aliphatic carbocycles. The molecule has 2 N–H and O–H groups in total. The summed E-state index contributed by atoms with van der Waals surface area (Å²) >= 11 is 0. The van der Waals surface area contributed by atoms with Gasteiger partial charge in [0.05, 0.1) is 33.4 Å². The van der Waals surface area contributed by atoms with Gasteiger partial charge in [0.25, 0.3) is 0 Å². The third kappa shape index (κ3) is 2.70. The van der Waals surface area contributed by atoms with Crippen LogP contribution in [0.1, 0.15) is 37.3 Å². The van der Waals surface area contributed by atoms with Crippen LogP contribution in [0.5, 0.6) is 0 Å². The van der Waals surface area contributed by atoms with Crippen molar-refractivity contribution in [2.24, 2.45) is 0 Å². The van der Waals surface area contributed by atoms with Crippen molar-refractivity contribution in [1.29, 1.82) is 0 Å². The summed E-state index contributed by atoms with van der Waals surface area (Å²) in [5.74, 6) is 1.92. The van der Waals surface area contributed by atoms with Crippen LogP contribution in [-0.4, -0.2) is 46.1 Å². The molecule has 0 unspecified atom stereocenters. The van der Waals surface area contributed by atoms with E-state index in [0.717, 1.165) is 71.0 Å². The van der Waals surface area contributed by atoms with Crippen molar-refractivity contribution >= 4 is 33.4 Å². The van der Waals surface area contributed by atoms with Crippen LogP contribution in [0.25, 0.3) is 33.2 Å². The van der Waals surface area contributed by atoms with E-state index in [1.54, 1.807) is 0 Å². The molecular weight excluding hydrogens is 372 g/mol. The van der Waals surface area contributed by atoms with Crippen LogP contribution >= 0.6 is 0 Å². The Labute approximate surface area is 176 Å². The first-order chi connectivity index (χ1) is 14.7. The molecule has 0 spiro atoms. The molecule has 2 fully saturated rings. The number of aromatic amines is 2. The molecule has 2 aliphatic heterocycles. The number of H-pyrrole nitrogens is 2. The fourth-order valence-electron chi connectivity index (χ4n) is 5.27. The van der Waals surface area contributed by atoms with Crippen molar-refractivity contribution in [3.8, 4) is 11.1 Å². The first-order valence-electron chi connectivity index (χ1n) is 11.2. The molecule has 6 nitrogen and oxygen atoms in total. The summed E-state index contributed by atoms with van der Waals surface area (Å²) in [7, 11) is 0. The second kappa shape index (κ2) is 6.76. The van der Waals surface area contributed by atoms with Gasteiger partial charge >= 0.3 is 0 Å². The van der Waals surface area contributed by atoms with Crippen molar-refractivity contribution in [3.05, 3.63) is 35.9 Å². The van der Waals surface area contributed by atoms with E-state index >= 15 is 0 Å². The van der Waals surface area contributed by atoms with E-state index in [4.69, 9.17) is 9.97 Å². The van der Waals surface area contributed by atoms with E-state index in [1.807, 2.05) is 13.8 Å². The van der Waals surface area contributed by atoms with Gasteiger partial charge in [0.15, 0.2) is 0 Å². The number of hydrogen-bond acceptors (Lipinski definition) is 4. The van der Waals surface area contributed by atoms with Gasteiger partial charge in [0.1, 0.15) is 11.6 Å². The zero-order valence-electron chi connectivity index (χ0n) is 17.8. The minimum atomic E-state index is 0.959. The maximum Gasteiger partial charge on any atom is 0.104 e. The Morgan fingerprint density at radius 1 is 0.633 bits per heavy atom. The number of nitrogens with one attached hydrogen (secondary N) is 2. The van der Waals surface area contributed by atoms with E-state index in [2.05, 4.69) is 44.0 Å². The second-order valence-corrected chi connectivity index (χ2v) is 8.74. The Bertz CT molecular complexity index is 1140. The largest absolute Gasteiger partial charge is 0.370 e. The van der Waals surface area contributed by atoms with Crippen molar-refractivity contribution in [3.63, 3.8) is 0 Å². The minimum absolute atomic E-state index is 0.959. The van der Waals surface area contributed by atoms with Gasteiger partial charge in [0, 0.05) is 37.3 Å². The zero-order chi connectivity index (χ0) is 20.2. The first kappa shape index (κ1) is 17.8. The number of anilines is 2. The number of benzene rings is 2. The molecule has 2 aromatic heterocycles. The molecule has 6 rings (SSSR count). The number of aryl methyl sites for hydroxylation is 2. The van der Waals surface area contributed by atoms with Gasteiger partial charge in [-0.2, -0.15) is 0 Å². The smallest absolute Gasteiger partial charge is 0.104 e. The maximum absolute atomic E-state index is 4.90. The van der Waals surface area contributed by atoms with Crippen LogP contribution in [-0.2, 0) is 0 Å². The lowest BCUT2D eigenvalue weighted by molar-refractivity contribution is 0.949. The summed E-state index contributed by atoms with van der Waals surface area (Å²) in [6.45, 7) is 8.59. The summed E-state index contributed by atoms with van der Waals surface area (Å²) in [6.07, 6.45) is 5.06. The average molecular weight is 401 g/mol. The molecule has 0 amide bonds. The fraction of sp³-hybridized carbons (Fsp3) is 0.417. The Hall–Kier alpha value is -3.02. The molecule has 6 heteroatoms. The third-order valence-corrected chi connectivity index (χ3v) is 6.67. The van der Waals surface area contributed by atoms with Gasteiger partial charge < -0.3 is 19.8 Å². The molecule has 0 atom stereocenters. The van der Waals surface area contributed by atoms with Crippen LogP contribution in [0.2, 0.25) is 0 Å². The lowest BCUT2D eigenvalue weighted by atomic mass is 10.0. The molecule has 0 bridgehead atoms. The fourth-order valence-corrected chi connectivity index (χ4v) is 5.27. The molecular formula is C24H28N6. The van der Waals surface area contributed by atoms with E-state index < -0.39 is 0 Å². The first-order valence-corrected chi connectivity index (χ1v) is 11.2. The normalized spacial score (nSPS) is 17.1. The Morgan fingerprint density at radius 3 is 1.43 bits per heavy atom. The second-order valence-electron chi connectivity index (χ2n) is 8.74. The third-order valence-electron chi connectivity index (χ3n) is 6.67. The molecule has 4 aromatic rings. The van der Waals surface area contributed by atoms with Crippen LogP contribution in [0.4, 0.5) is 11.4 Å². The highest BCUT2D eigenvalue weighted by Gasteiger charge is 2.22. The molecule has 4 heterocycles.